The maximum absolute atomic E-state index is 11.0. The van der Waals surface area contributed by atoms with Gasteiger partial charge in [0.15, 0.2) is 0 Å². The molecule has 2 aromatic carbocycles. The first-order valence-electron chi connectivity index (χ1n) is 10.2. The first-order valence-corrected chi connectivity index (χ1v) is 10.2. The number of ether oxygens (including phenoxy) is 2. The highest BCUT2D eigenvalue weighted by Crippen LogP contribution is 2.32. The van der Waals surface area contributed by atoms with Gasteiger partial charge in [-0.25, -0.2) is 0 Å². The van der Waals surface area contributed by atoms with Crippen LogP contribution >= 0.6 is 0 Å². The van der Waals surface area contributed by atoms with Gasteiger partial charge < -0.3 is 14.6 Å². The molecular weight excluding hydrogens is 352 g/mol. The quantitative estimate of drug-likeness (QED) is 0.797. The van der Waals surface area contributed by atoms with E-state index in [1.807, 2.05) is 42.5 Å². The Morgan fingerprint density at radius 1 is 0.929 bits per heavy atom. The Morgan fingerprint density at radius 2 is 1.68 bits per heavy atom. The van der Waals surface area contributed by atoms with Gasteiger partial charge in [-0.3, -0.25) is 9.80 Å². The highest BCUT2D eigenvalue weighted by molar-refractivity contribution is 5.28. The Hall–Kier alpha value is -1.92. The molecule has 150 valence electrons. The summed E-state index contributed by atoms with van der Waals surface area (Å²) < 4.78 is 11.3. The van der Waals surface area contributed by atoms with Crippen LogP contribution in [0, 0.1) is 0 Å². The molecule has 0 amide bonds. The maximum atomic E-state index is 11.0. The van der Waals surface area contributed by atoms with E-state index in [0.717, 1.165) is 63.7 Å². The predicted molar refractivity (Wildman–Crippen MR) is 109 cm³/mol. The number of aliphatic hydroxyl groups is 1. The summed E-state index contributed by atoms with van der Waals surface area (Å²) in [5.74, 6) is 0.916. The molecule has 0 aromatic heterocycles. The van der Waals surface area contributed by atoms with Crippen molar-refractivity contribution in [3.05, 3.63) is 65.7 Å². The number of nitrogens with zero attached hydrogens (tertiary/aromatic N) is 2. The largest absolute Gasteiger partial charge is 0.492 e. The number of rotatable bonds is 7. The summed E-state index contributed by atoms with van der Waals surface area (Å²) in [6, 6.07) is 18.4. The first kappa shape index (κ1) is 19.4. The van der Waals surface area contributed by atoms with Gasteiger partial charge in [0.1, 0.15) is 18.0 Å². The molecule has 2 heterocycles. The van der Waals surface area contributed by atoms with Gasteiger partial charge in [-0.15, -0.1) is 0 Å². The van der Waals surface area contributed by atoms with E-state index in [9.17, 15) is 5.11 Å². The summed E-state index contributed by atoms with van der Waals surface area (Å²) in [6.45, 7) is 7.71. The van der Waals surface area contributed by atoms with E-state index in [-0.39, 0.29) is 0 Å². The molecule has 5 heteroatoms. The number of β-amino-alcohol motifs (C(OH)–C–C–N with tert-alkyl or cyclic N) is 1. The molecule has 5 nitrogen and oxygen atoms in total. The molecule has 2 aliphatic rings. The lowest BCUT2D eigenvalue weighted by Crippen LogP contribution is -2.38. The third-order valence-corrected chi connectivity index (χ3v) is 5.75. The molecule has 1 N–H and O–H groups in total. The predicted octanol–water partition coefficient (Wildman–Crippen LogP) is 2.49. The zero-order valence-corrected chi connectivity index (χ0v) is 16.4. The van der Waals surface area contributed by atoms with Gasteiger partial charge in [0.05, 0.1) is 13.2 Å². The molecule has 0 aliphatic carbocycles. The lowest BCUT2D eigenvalue weighted by molar-refractivity contribution is 0.0322. The van der Waals surface area contributed by atoms with Crippen LogP contribution in [0.1, 0.15) is 17.5 Å². The second-order valence-electron chi connectivity index (χ2n) is 7.80. The van der Waals surface area contributed by atoms with E-state index in [2.05, 4.69) is 21.9 Å². The van der Waals surface area contributed by atoms with Crippen molar-refractivity contribution in [3.8, 4) is 5.75 Å². The minimum absolute atomic E-state index is 0.675. The van der Waals surface area contributed by atoms with Crippen molar-refractivity contribution in [1.82, 2.24) is 9.80 Å². The minimum Gasteiger partial charge on any atom is -0.492 e. The van der Waals surface area contributed by atoms with Crippen LogP contribution < -0.4 is 4.74 Å². The highest BCUT2D eigenvalue weighted by atomic mass is 16.5. The Kier molecular flexibility index (Phi) is 6.27. The van der Waals surface area contributed by atoms with Crippen molar-refractivity contribution in [2.24, 2.45) is 0 Å². The van der Waals surface area contributed by atoms with E-state index in [1.54, 1.807) is 0 Å². The van der Waals surface area contributed by atoms with Crippen LogP contribution in [0.15, 0.2) is 54.6 Å². The third kappa shape index (κ3) is 4.92. The lowest BCUT2D eigenvalue weighted by atomic mass is 9.93. The summed E-state index contributed by atoms with van der Waals surface area (Å²) in [5.41, 5.74) is 1.53. The molecule has 0 spiro atoms. The van der Waals surface area contributed by atoms with E-state index in [1.165, 1.54) is 5.56 Å². The molecule has 0 saturated carbocycles. The van der Waals surface area contributed by atoms with Crippen molar-refractivity contribution >= 4 is 0 Å². The summed E-state index contributed by atoms with van der Waals surface area (Å²) in [6.07, 6.45) is 0.778. The van der Waals surface area contributed by atoms with Crippen molar-refractivity contribution < 1.29 is 14.6 Å². The minimum atomic E-state index is -0.732. The van der Waals surface area contributed by atoms with E-state index in [4.69, 9.17) is 9.47 Å². The molecule has 2 saturated heterocycles. The van der Waals surface area contributed by atoms with Gasteiger partial charge in [-0.05, 0) is 29.7 Å². The molecule has 2 aromatic rings. The summed E-state index contributed by atoms with van der Waals surface area (Å²) >= 11 is 0. The van der Waals surface area contributed by atoms with Crippen molar-refractivity contribution in [1.29, 1.82) is 0 Å². The summed E-state index contributed by atoms with van der Waals surface area (Å²) in [7, 11) is 0. The summed E-state index contributed by atoms with van der Waals surface area (Å²) in [5, 5.41) is 11.0. The van der Waals surface area contributed by atoms with Gasteiger partial charge in [0, 0.05) is 39.3 Å². The summed E-state index contributed by atoms with van der Waals surface area (Å²) in [4.78, 5) is 4.69. The van der Waals surface area contributed by atoms with Crippen LogP contribution in [0.25, 0.3) is 0 Å². The lowest BCUT2D eigenvalue weighted by Gasteiger charge is -2.26. The molecule has 1 atom stereocenters. The Labute approximate surface area is 167 Å². The molecule has 28 heavy (non-hydrogen) atoms. The van der Waals surface area contributed by atoms with Crippen LogP contribution in [0.3, 0.4) is 0 Å². The molecule has 0 unspecified atom stereocenters. The average Bonchev–Trinajstić information content (AvgIpc) is 3.13. The number of morpholine rings is 1. The Balaban J connectivity index is 1.24. The standard InChI is InChI=1S/C23H30N2O3/c26-23(21-4-2-1-3-5-21)10-11-25(19-23)18-20-6-8-22(9-7-20)28-17-14-24-12-15-27-16-13-24/h1-9,26H,10-19H2/t23-/m0/s1. The fourth-order valence-electron chi connectivity index (χ4n) is 4.06. The molecule has 0 radical (unpaired) electrons. The average molecular weight is 383 g/mol. The van der Waals surface area contributed by atoms with E-state index in [0.29, 0.717) is 13.2 Å². The monoisotopic (exact) mass is 382 g/mol. The number of benzene rings is 2. The SMILES string of the molecule is O[C@@]1(c2ccccc2)CCN(Cc2ccc(OCCN3CCOCC3)cc2)C1. The van der Waals surface area contributed by atoms with E-state index >= 15 is 0 Å². The van der Waals surface area contributed by atoms with Gasteiger partial charge in [-0.2, -0.15) is 0 Å². The molecule has 2 fully saturated rings. The van der Waals surface area contributed by atoms with Gasteiger partial charge >= 0.3 is 0 Å². The molecular formula is C23H30N2O3. The Bertz CT molecular complexity index is 731. The van der Waals surface area contributed by atoms with Crippen LogP contribution in [-0.4, -0.2) is 67.5 Å². The zero-order valence-electron chi connectivity index (χ0n) is 16.4. The molecule has 0 bridgehead atoms. The van der Waals surface area contributed by atoms with Crippen molar-refractivity contribution in [3.63, 3.8) is 0 Å². The number of hydrogen-bond acceptors (Lipinski definition) is 5. The molecule has 4 rings (SSSR count). The normalized spacial score (nSPS) is 23.8. The first-order chi connectivity index (χ1) is 13.7. The second-order valence-corrected chi connectivity index (χ2v) is 7.80. The number of likely N-dealkylation sites (tertiary alicyclic amines) is 1. The topological polar surface area (TPSA) is 45.2 Å². The van der Waals surface area contributed by atoms with Gasteiger partial charge in [0.25, 0.3) is 0 Å². The zero-order chi connectivity index (χ0) is 19.2. The molecule has 2 aliphatic heterocycles. The van der Waals surface area contributed by atoms with Crippen molar-refractivity contribution in [2.45, 2.75) is 18.6 Å². The van der Waals surface area contributed by atoms with Crippen LogP contribution in [0.4, 0.5) is 0 Å². The fourth-order valence-corrected chi connectivity index (χ4v) is 4.06. The maximum Gasteiger partial charge on any atom is 0.119 e. The van der Waals surface area contributed by atoms with Gasteiger partial charge in [-0.1, -0.05) is 42.5 Å². The van der Waals surface area contributed by atoms with Gasteiger partial charge in [0.2, 0.25) is 0 Å². The number of hydrogen-bond donors (Lipinski definition) is 1. The van der Waals surface area contributed by atoms with Crippen LogP contribution in [-0.2, 0) is 16.9 Å². The van der Waals surface area contributed by atoms with E-state index < -0.39 is 5.60 Å². The third-order valence-electron chi connectivity index (χ3n) is 5.75. The second kappa shape index (κ2) is 9.05. The smallest absolute Gasteiger partial charge is 0.119 e. The van der Waals surface area contributed by atoms with Crippen LogP contribution in [0.5, 0.6) is 5.75 Å². The Morgan fingerprint density at radius 3 is 2.43 bits per heavy atom. The fraction of sp³-hybridized carbons (Fsp3) is 0.478. The highest BCUT2D eigenvalue weighted by Gasteiger charge is 2.37. The van der Waals surface area contributed by atoms with Crippen molar-refractivity contribution in [2.75, 3.05) is 52.5 Å². The van der Waals surface area contributed by atoms with Crippen LogP contribution in [0.2, 0.25) is 0 Å².